The summed E-state index contributed by atoms with van der Waals surface area (Å²) in [5.41, 5.74) is 5.75. The Morgan fingerprint density at radius 3 is 2.50 bits per heavy atom. The topological polar surface area (TPSA) is 166 Å². The normalized spacial score (nSPS) is 24.9. The lowest BCUT2D eigenvalue weighted by Gasteiger charge is -2.44. The molecule has 0 aromatic heterocycles. The predicted octanol–water partition coefficient (Wildman–Crippen LogP) is -0.198. The Labute approximate surface area is 177 Å². The Morgan fingerprint density at radius 2 is 1.93 bits per heavy atom. The van der Waals surface area contributed by atoms with Crippen molar-refractivity contribution in [2.45, 2.75) is 48.5 Å². The van der Waals surface area contributed by atoms with E-state index in [1.807, 2.05) is 0 Å². The molecule has 6 N–H and O–H groups in total. The second-order valence-corrected chi connectivity index (χ2v) is 9.47. The summed E-state index contributed by atoms with van der Waals surface area (Å²) in [6, 6.07) is 5.52. The second-order valence-electron chi connectivity index (χ2n) is 7.70. The molecule has 10 nitrogen and oxygen atoms in total. The number of hydrogen-bond acceptors (Lipinski definition) is 6. The predicted molar refractivity (Wildman–Crippen MR) is 110 cm³/mol. The molecule has 1 aromatic carbocycles. The number of carbonyl (C=O) groups is 4. The van der Waals surface area contributed by atoms with E-state index in [4.69, 9.17) is 11.1 Å². The summed E-state index contributed by atoms with van der Waals surface area (Å²) in [7, 11) is 0. The first-order chi connectivity index (χ1) is 14.0. The average Bonchev–Trinajstić information content (AvgIpc) is 2.92. The largest absolute Gasteiger partial charge is 0.480 e. The van der Waals surface area contributed by atoms with Crippen molar-refractivity contribution >= 4 is 41.3 Å². The Morgan fingerprint density at radius 1 is 1.30 bits per heavy atom. The molecule has 3 rings (SSSR count). The molecule has 0 saturated carbocycles. The monoisotopic (exact) mass is 433 g/mol. The maximum absolute atomic E-state index is 13.0. The third-order valence-corrected chi connectivity index (χ3v) is 6.60. The second kappa shape index (κ2) is 7.98. The van der Waals surface area contributed by atoms with Gasteiger partial charge >= 0.3 is 5.97 Å². The van der Waals surface area contributed by atoms with Gasteiger partial charge in [0.1, 0.15) is 23.5 Å². The van der Waals surface area contributed by atoms with Gasteiger partial charge in [0, 0.05) is 4.75 Å². The van der Waals surface area contributed by atoms with E-state index in [0.29, 0.717) is 5.56 Å². The van der Waals surface area contributed by atoms with E-state index in [-0.39, 0.29) is 12.3 Å². The molecule has 30 heavy (non-hydrogen) atoms. The van der Waals surface area contributed by atoms with Crippen LogP contribution < -0.4 is 16.4 Å². The lowest BCUT2D eigenvalue weighted by atomic mass is 9.95. The van der Waals surface area contributed by atoms with E-state index in [1.165, 1.54) is 16.7 Å². The number of amides is 3. The highest BCUT2D eigenvalue weighted by Gasteiger charge is 2.64. The number of rotatable bonds is 7. The van der Waals surface area contributed by atoms with Gasteiger partial charge < -0.3 is 26.4 Å². The van der Waals surface area contributed by atoms with Gasteiger partial charge in [0.15, 0.2) is 0 Å². The molecule has 2 aliphatic heterocycles. The molecule has 4 atom stereocenters. The van der Waals surface area contributed by atoms with E-state index < -0.39 is 51.9 Å². The molecule has 11 heteroatoms. The van der Waals surface area contributed by atoms with Gasteiger partial charge in [-0.2, -0.15) is 0 Å². The zero-order chi connectivity index (χ0) is 22.2. The van der Waals surface area contributed by atoms with Crippen LogP contribution in [0.1, 0.15) is 31.9 Å². The molecule has 2 unspecified atom stereocenters. The van der Waals surface area contributed by atoms with Crippen LogP contribution in [0.3, 0.4) is 0 Å². The number of nitrogens with zero attached hydrogens (tertiary/aromatic N) is 1. The van der Waals surface area contributed by atoms with Crippen LogP contribution in [-0.4, -0.2) is 61.7 Å². The molecular formula is C19H23N5O5S. The quantitative estimate of drug-likeness (QED) is 0.226. The van der Waals surface area contributed by atoms with Gasteiger partial charge in [0.2, 0.25) is 17.7 Å². The number of carboxylic acids is 1. The molecule has 0 radical (unpaired) electrons. The lowest BCUT2D eigenvalue weighted by molar-refractivity contribution is -0.161. The Balaban J connectivity index is 1.77. The van der Waals surface area contributed by atoms with Gasteiger partial charge in [-0.25, -0.2) is 4.79 Å². The summed E-state index contributed by atoms with van der Waals surface area (Å²) in [6.07, 6.45) is -0.361. The molecule has 3 amide bonds. The summed E-state index contributed by atoms with van der Waals surface area (Å²) in [5, 5.41) is 21.4. The molecule has 2 heterocycles. The van der Waals surface area contributed by atoms with E-state index in [2.05, 4.69) is 10.6 Å². The molecule has 2 fully saturated rings. The molecule has 2 aliphatic rings. The molecule has 0 bridgehead atoms. The number of nitrogens with two attached hydrogens (primary N) is 1. The average molecular weight is 433 g/mol. The van der Waals surface area contributed by atoms with Crippen molar-refractivity contribution in [1.29, 1.82) is 5.41 Å². The first-order valence-electron chi connectivity index (χ1n) is 9.23. The fourth-order valence-electron chi connectivity index (χ4n) is 3.71. The minimum absolute atomic E-state index is 0.339. The number of thioether (sulfide) groups is 1. The van der Waals surface area contributed by atoms with Gasteiger partial charge in [0.25, 0.3) is 0 Å². The maximum Gasteiger partial charge on any atom is 0.327 e. The summed E-state index contributed by atoms with van der Waals surface area (Å²) in [6.45, 7) is 3.49. The number of fused-ring (bicyclic) bond motifs is 1. The molecule has 2 saturated heterocycles. The third-order valence-electron chi connectivity index (χ3n) is 5.02. The van der Waals surface area contributed by atoms with Crippen molar-refractivity contribution < 1.29 is 24.3 Å². The smallest absolute Gasteiger partial charge is 0.327 e. The van der Waals surface area contributed by atoms with Crippen molar-refractivity contribution in [2.75, 3.05) is 0 Å². The van der Waals surface area contributed by atoms with Crippen molar-refractivity contribution in [2.24, 2.45) is 5.73 Å². The van der Waals surface area contributed by atoms with Crippen molar-refractivity contribution in [3.8, 4) is 0 Å². The first-order valence-corrected chi connectivity index (χ1v) is 10.1. The standard InChI is InChI=1S/C19H23N5O5S/c1-19(2)14(18(28)29)24-16(27)13(17(24)30-19)23-15(26)12(9-6-4-3-5-7-9)22-11(25)8-10(20)21/h3-7,12-14,17H,8H2,1-2H3,(H3,20,21)(H,22,25)(H,23,26)(H,28,29)/t12?,13?,14-,17+/m0/s1. The van der Waals surface area contributed by atoms with Crippen LogP contribution in [0.25, 0.3) is 0 Å². The molecular weight excluding hydrogens is 410 g/mol. The highest BCUT2D eigenvalue weighted by molar-refractivity contribution is 8.01. The highest BCUT2D eigenvalue weighted by Crippen LogP contribution is 2.50. The van der Waals surface area contributed by atoms with Gasteiger partial charge in [0.05, 0.1) is 12.3 Å². The summed E-state index contributed by atoms with van der Waals surface area (Å²) in [4.78, 5) is 50.6. The minimum Gasteiger partial charge on any atom is -0.480 e. The van der Waals surface area contributed by atoms with Crippen LogP contribution in [-0.2, 0) is 19.2 Å². The fourth-order valence-corrected chi connectivity index (χ4v) is 5.34. The maximum atomic E-state index is 13.0. The van der Waals surface area contributed by atoms with E-state index in [9.17, 15) is 24.3 Å². The van der Waals surface area contributed by atoms with Crippen LogP contribution in [0.2, 0.25) is 0 Å². The number of amidine groups is 1. The van der Waals surface area contributed by atoms with Gasteiger partial charge in [-0.05, 0) is 19.4 Å². The number of carboxylic acid groups (broad SMARTS) is 1. The number of β-lactam (4-membered cyclic amide) rings is 1. The SMILES string of the molecule is CC1(C)S[C@@H]2C(NC(=O)C(NC(=O)CC(=N)N)c3ccccc3)C(=O)N2[C@H]1C(=O)O. The first kappa shape index (κ1) is 21.6. The summed E-state index contributed by atoms with van der Waals surface area (Å²) in [5.74, 6) is -3.11. The van der Waals surface area contributed by atoms with Crippen molar-refractivity contribution in [3.05, 3.63) is 35.9 Å². The number of aliphatic carboxylic acids is 1. The number of nitrogens with one attached hydrogen (secondary N) is 3. The van der Waals surface area contributed by atoms with Crippen LogP contribution in [0, 0.1) is 5.41 Å². The summed E-state index contributed by atoms with van der Waals surface area (Å²) < 4.78 is -0.708. The number of benzene rings is 1. The Bertz CT molecular complexity index is 906. The van der Waals surface area contributed by atoms with Crippen molar-refractivity contribution in [1.82, 2.24) is 15.5 Å². The van der Waals surface area contributed by atoms with E-state index in [0.717, 1.165) is 0 Å². The number of carbonyl (C=O) groups excluding carboxylic acids is 3. The van der Waals surface area contributed by atoms with Crippen molar-refractivity contribution in [3.63, 3.8) is 0 Å². The Kier molecular flexibility index (Phi) is 5.75. The third kappa shape index (κ3) is 3.97. The zero-order valence-electron chi connectivity index (χ0n) is 16.4. The Hall–Kier alpha value is -3.08. The molecule has 0 spiro atoms. The van der Waals surface area contributed by atoms with Crippen LogP contribution in [0.15, 0.2) is 30.3 Å². The van der Waals surface area contributed by atoms with Crippen LogP contribution in [0.5, 0.6) is 0 Å². The van der Waals surface area contributed by atoms with Crippen LogP contribution >= 0.6 is 11.8 Å². The molecule has 160 valence electrons. The summed E-state index contributed by atoms with van der Waals surface area (Å²) >= 11 is 1.32. The lowest BCUT2D eigenvalue weighted by Crippen LogP contribution is -2.71. The van der Waals surface area contributed by atoms with Gasteiger partial charge in [-0.1, -0.05) is 30.3 Å². The van der Waals surface area contributed by atoms with E-state index >= 15 is 0 Å². The fraction of sp³-hybridized carbons (Fsp3) is 0.421. The van der Waals surface area contributed by atoms with Gasteiger partial charge in [-0.3, -0.25) is 19.8 Å². The van der Waals surface area contributed by atoms with Crippen LogP contribution in [0.4, 0.5) is 0 Å². The van der Waals surface area contributed by atoms with E-state index in [1.54, 1.807) is 44.2 Å². The minimum atomic E-state index is -1.09. The number of hydrogen-bond donors (Lipinski definition) is 5. The molecule has 1 aromatic rings. The van der Waals surface area contributed by atoms with Gasteiger partial charge in [-0.15, -0.1) is 11.8 Å². The molecule has 0 aliphatic carbocycles. The zero-order valence-corrected chi connectivity index (χ0v) is 17.2. The highest BCUT2D eigenvalue weighted by atomic mass is 32.2.